The first-order chi connectivity index (χ1) is 7.61. The van der Waals surface area contributed by atoms with E-state index in [2.05, 4.69) is 32.7 Å². The quantitative estimate of drug-likeness (QED) is 0.382. The Labute approximate surface area is 101 Å². The second kappa shape index (κ2) is 6.67. The third kappa shape index (κ3) is 4.34. The zero-order chi connectivity index (χ0) is 12.0. The minimum absolute atomic E-state index is 0.736. The molecule has 1 nitrogen and oxygen atoms in total. The van der Waals surface area contributed by atoms with Crippen LogP contribution in [0, 0.1) is 11.8 Å². The molecular formula is C15H26N+. The normalized spacial score (nSPS) is 21.3. The monoisotopic (exact) mass is 220 g/mol. The number of rotatable bonds is 4. The Hall–Kier alpha value is -0.850. The first-order valence-corrected chi connectivity index (χ1v) is 6.49. The van der Waals surface area contributed by atoms with Crippen LogP contribution in [0.5, 0.6) is 0 Å². The molecule has 1 fully saturated rings. The van der Waals surface area contributed by atoms with Crippen LogP contribution >= 0.6 is 0 Å². The lowest BCUT2D eigenvalue weighted by Crippen LogP contribution is -2.16. The van der Waals surface area contributed by atoms with E-state index in [4.69, 9.17) is 0 Å². The molecule has 90 valence electrons. The molecular weight excluding hydrogens is 194 g/mol. The van der Waals surface area contributed by atoms with E-state index in [1.807, 2.05) is 17.8 Å². The summed E-state index contributed by atoms with van der Waals surface area (Å²) in [5.41, 5.74) is 1.50. The van der Waals surface area contributed by atoms with Gasteiger partial charge < -0.3 is 0 Å². The maximum atomic E-state index is 3.79. The molecule has 0 spiro atoms. The SMILES string of the molecule is C=[N+](C)/C=C\C=C(/C)C(C)C1CCCCC1. The van der Waals surface area contributed by atoms with Crippen molar-refractivity contribution in [3.05, 3.63) is 23.9 Å². The van der Waals surface area contributed by atoms with Crippen molar-refractivity contribution in [2.24, 2.45) is 11.8 Å². The number of allylic oxidation sites excluding steroid dienone is 3. The molecule has 1 atom stereocenters. The van der Waals surface area contributed by atoms with E-state index in [9.17, 15) is 0 Å². The summed E-state index contributed by atoms with van der Waals surface area (Å²) in [4.78, 5) is 0. The van der Waals surface area contributed by atoms with E-state index >= 15 is 0 Å². The topological polar surface area (TPSA) is 3.01 Å². The molecule has 1 aliphatic rings. The third-order valence-electron chi connectivity index (χ3n) is 3.77. The van der Waals surface area contributed by atoms with E-state index in [0.717, 1.165) is 11.8 Å². The third-order valence-corrected chi connectivity index (χ3v) is 3.77. The van der Waals surface area contributed by atoms with E-state index < -0.39 is 0 Å². The minimum Gasteiger partial charge on any atom is -0.214 e. The van der Waals surface area contributed by atoms with Crippen LogP contribution in [0.4, 0.5) is 0 Å². The summed E-state index contributed by atoms with van der Waals surface area (Å²) in [6.45, 7) is 8.42. The van der Waals surface area contributed by atoms with Crippen molar-refractivity contribution >= 4 is 6.72 Å². The summed E-state index contributed by atoms with van der Waals surface area (Å²) in [7, 11) is 1.95. The predicted molar refractivity (Wildman–Crippen MR) is 71.9 cm³/mol. The zero-order valence-electron chi connectivity index (χ0n) is 11.1. The first-order valence-electron chi connectivity index (χ1n) is 6.49. The van der Waals surface area contributed by atoms with Crippen molar-refractivity contribution in [1.82, 2.24) is 0 Å². The number of nitrogens with zero attached hydrogens (tertiary/aromatic N) is 1. The molecule has 0 N–H and O–H groups in total. The van der Waals surface area contributed by atoms with Gasteiger partial charge in [-0.1, -0.05) is 37.8 Å². The van der Waals surface area contributed by atoms with Gasteiger partial charge >= 0.3 is 0 Å². The highest BCUT2D eigenvalue weighted by atomic mass is 14.9. The largest absolute Gasteiger partial charge is 0.214 e. The molecule has 0 aliphatic heterocycles. The Kier molecular flexibility index (Phi) is 5.51. The molecule has 1 heteroatoms. The molecule has 0 aromatic carbocycles. The van der Waals surface area contributed by atoms with Gasteiger partial charge in [0.2, 0.25) is 0 Å². The molecule has 0 saturated heterocycles. The Bertz CT molecular complexity index is 280. The lowest BCUT2D eigenvalue weighted by molar-refractivity contribution is -0.412. The summed E-state index contributed by atoms with van der Waals surface area (Å²) in [5, 5.41) is 0. The molecule has 0 amide bonds. The summed E-state index contributed by atoms with van der Waals surface area (Å²) in [5.74, 6) is 1.65. The van der Waals surface area contributed by atoms with Crippen LogP contribution in [0.25, 0.3) is 0 Å². The lowest BCUT2D eigenvalue weighted by atomic mass is 9.78. The van der Waals surface area contributed by atoms with Crippen LogP contribution in [0.1, 0.15) is 46.0 Å². The molecule has 1 aliphatic carbocycles. The van der Waals surface area contributed by atoms with Gasteiger partial charge in [-0.05, 0) is 31.6 Å². The first kappa shape index (κ1) is 13.2. The fraction of sp³-hybridized carbons (Fsp3) is 0.667. The van der Waals surface area contributed by atoms with Crippen molar-refractivity contribution in [2.75, 3.05) is 7.05 Å². The molecule has 1 unspecified atom stereocenters. The van der Waals surface area contributed by atoms with Gasteiger partial charge in [0.15, 0.2) is 6.20 Å². The van der Waals surface area contributed by atoms with Gasteiger partial charge in [0.1, 0.15) is 13.8 Å². The Morgan fingerprint density at radius 3 is 2.50 bits per heavy atom. The second-order valence-corrected chi connectivity index (χ2v) is 5.20. The summed E-state index contributed by atoms with van der Waals surface area (Å²) in [6.07, 6.45) is 13.5. The Morgan fingerprint density at radius 2 is 1.94 bits per heavy atom. The zero-order valence-corrected chi connectivity index (χ0v) is 11.1. The highest BCUT2D eigenvalue weighted by Crippen LogP contribution is 2.33. The Balaban J connectivity index is 2.51. The van der Waals surface area contributed by atoms with Crippen LogP contribution in [0.2, 0.25) is 0 Å². The maximum Gasteiger partial charge on any atom is 0.167 e. The van der Waals surface area contributed by atoms with Crippen LogP contribution < -0.4 is 0 Å². The van der Waals surface area contributed by atoms with Crippen LogP contribution in [-0.4, -0.2) is 18.3 Å². The molecule has 1 rings (SSSR count). The summed E-state index contributed by atoms with van der Waals surface area (Å²) < 4.78 is 1.83. The second-order valence-electron chi connectivity index (χ2n) is 5.20. The molecule has 0 bridgehead atoms. The van der Waals surface area contributed by atoms with Gasteiger partial charge in [-0.2, -0.15) is 0 Å². The van der Waals surface area contributed by atoms with Crippen molar-refractivity contribution in [3.8, 4) is 0 Å². The molecule has 1 saturated carbocycles. The predicted octanol–water partition coefficient (Wildman–Crippen LogP) is 4.01. The molecule has 0 aromatic rings. The van der Waals surface area contributed by atoms with Crippen LogP contribution in [0.15, 0.2) is 23.9 Å². The van der Waals surface area contributed by atoms with Gasteiger partial charge in [-0.3, -0.25) is 0 Å². The molecule has 16 heavy (non-hydrogen) atoms. The molecule has 0 aromatic heterocycles. The average Bonchev–Trinajstić information content (AvgIpc) is 2.28. The number of hydrogen-bond acceptors (Lipinski definition) is 0. The maximum absolute atomic E-state index is 3.79. The minimum atomic E-state index is 0.736. The van der Waals surface area contributed by atoms with Crippen molar-refractivity contribution < 1.29 is 4.58 Å². The van der Waals surface area contributed by atoms with E-state index in [1.54, 1.807) is 0 Å². The van der Waals surface area contributed by atoms with Gasteiger partial charge in [-0.25, -0.2) is 4.58 Å². The van der Waals surface area contributed by atoms with Gasteiger partial charge in [-0.15, -0.1) is 0 Å². The van der Waals surface area contributed by atoms with Gasteiger partial charge in [0.25, 0.3) is 0 Å². The summed E-state index contributed by atoms with van der Waals surface area (Å²) >= 11 is 0. The fourth-order valence-electron chi connectivity index (χ4n) is 2.50. The van der Waals surface area contributed by atoms with Crippen molar-refractivity contribution in [1.29, 1.82) is 0 Å². The number of hydrogen-bond donors (Lipinski definition) is 0. The van der Waals surface area contributed by atoms with Gasteiger partial charge in [0, 0.05) is 6.08 Å². The molecule has 0 radical (unpaired) electrons. The van der Waals surface area contributed by atoms with E-state index in [1.165, 1.54) is 37.7 Å². The molecule has 0 heterocycles. The van der Waals surface area contributed by atoms with Crippen LogP contribution in [-0.2, 0) is 0 Å². The average molecular weight is 220 g/mol. The smallest absolute Gasteiger partial charge is 0.167 e. The van der Waals surface area contributed by atoms with E-state index in [-0.39, 0.29) is 0 Å². The Morgan fingerprint density at radius 1 is 1.31 bits per heavy atom. The lowest BCUT2D eigenvalue weighted by Gasteiger charge is -2.28. The highest BCUT2D eigenvalue weighted by molar-refractivity contribution is 5.17. The van der Waals surface area contributed by atoms with E-state index in [0.29, 0.717) is 0 Å². The fourth-order valence-corrected chi connectivity index (χ4v) is 2.50. The van der Waals surface area contributed by atoms with Gasteiger partial charge in [0.05, 0.1) is 0 Å². The van der Waals surface area contributed by atoms with Crippen LogP contribution in [0.3, 0.4) is 0 Å². The van der Waals surface area contributed by atoms with Crippen molar-refractivity contribution in [3.63, 3.8) is 0 Å². The van der Waals surface area contributed by atoms with Crippen molar-refractivity contribution in [2.45, 2.75) is 46.0 Å². The summed E-state index contributed by atoms with van der Waals surface area (Å²) in [6, 6.07) is 0. The standard InChI is InChI=1S/C15H26N/c1-13(9-8-12-16(3)4)14(2)15-10-6-5-7-11-15/h8-9,12,14-15H,3,5-7,10-11H2,1-2,4H3/q+1/b12-8-,13-9+. The highest BCUT2D eigenvalue weighted by Gasteiger charge is 2.20.